The number of hydrogen-bond acceptors (Lipinski definition) is 4. The van der Waals surface area contributed by atoms with Crippen LogP contribution in [-0.4, -0.2) is 32.3 Å². The number of halogens is 1. The molecule has 2 heterocycles. The summed E-state index contributed by atoms with van der Waals surface area (Å²) in [7, 11) is 1.89. The van der Waals surface area contributed by atoms with Crippen LogP contribution >= 0.6 is 27.3 Å². The maximum atomic E-state index is 12.9. The van der Waals surface area contributed by atoms with Gasteiger partial charge in [0.15, 0.2) is 0 Å². The van der Waals surface area contributed by atoms with Crippen molar-refractivity contribution in [3.63, 3.8) is 0 Å². The topological polar surface area (TPSA) is 53.5 Å². The average Bonchev–Trinajstić information content (AvgIpc) is 2.93. The molecule has 4 nitrogen and oxygen atoms in total. The molecule has 1 aliphatic rings. The normalized spacial score (nSPS) is 14.9. The zero-order chi connectivity index (χ0) is 19.2. The van der Waals surface area contributed by atoms with Crippen LogP contribution in [0.5, 0.6) is 0 Å². The number of benzene rings is 1. The van der Waals surface area contributed by atoms with Crippen molar-refractivity contribution in [2.75, 3.05) is 20.1 Å². The Labute approximate surface area is 172 Å². The molecular weight excluding hydrogens is 422 g/mol. The molecule has 1 unspecified atom stereocenters. The fourth-order valence-electron chi connectivity index (χ4n) is 2.88. The quantitative estimate of drug-likeness (QED) is 0.684. The van der Waals surface area contributed by atoms with Gasteiger partial charge in [0.1, 0.15) is 0 Å². The molecule has 0 saturated carbocycles. The number of rotatable bonds is 6. The van der Waals surface area contributed by atoms with Crippen molar-refractivity contribution in [1.29, 1.82) is 0 Å². The third-order valence-electron chi connectivity index (χ3n) is 4.19. The fourth-order valence-corrected chi connectivity index (χ4v) is 4.68. The van der Waals surface area contributed by atoms with Crippen LogP contribution in [0.4, 0.5) is 0 Å². The van der Waals surface area contributed by atoms with E-state index in [9.17, 15) is 4.79 Å². The number of nitrogens with zero attached hydrogens (tertiary/aromatic N) is 1. The van der Waals surface area contributed by atoms with E-state index >= 15 is 0 Å². The number of amides is 1. The lowest BCUT2D eigenvalue weighted by Gasteiger charge is -2.18. The van der Waals surface area contributed by atoms with Crippen LogP contribution in [0.1, 0.15) is 33.1 Å². The van der Waals surface area contributed by atoms with E-state index in [0.717, 1.165) is 20.5 Å². The monoisotopic (exact) mass is 443 g/mol. The molecule has 3 rings (SSSR count). The molecule has 1 amide bonds. The van der Waals surface area contributed by atoms with E-state index in [4.69, 9.17) is 0 Å². The summed E-state index contributed by atoms with van der Waals surface area (Å²) in [6.07, 6.45) is 5.94. The van der Waals surface area contributed by atoms with E-state index in [-0.39, 0.29) is 11.9 Å². The van der Waals surface area contributed by atoms with Crippen LogP contribution in [0.25, 0.3) is 5.57 Å². The van der Waals surface area contributed by atoms with Gasteiger partial charge in [-0.15, -0.1) is 11.3 Å². The molecule has 1 aliphatic heterocycles. The van der Waals surface area contributed by atoms with Crippen LogP contribution in [0.3, 0.4) is 0 Å². The van der Waals surface area contributed by atoms with E-state index in [1.165, 1.54) is 16.9 Å². The highest BCUT2D eigenvalue weighted by molar-refractivity contribution is 9.10. The Kier molecular flexibility index (Phi) is 6.77. The number of nitrogens with one attached hydrogen (secondary N) is 2. The minimum atomic E-state index is -0.0839. The van der Waals surface area contributed by atoms with Gasteiger partial charge in [0.2, 0.25) is 0 Å². The molecule has 140 valence electrons. The van der Waals surface area contributed by atoms with Crippen LogP contribution in [0.15, 0.2) is 63.6 Å². The molecule has 0 radical (unpaired) electrons. The second kappa shape index (κ2) is 9.26. The number of aliphatic imine (C=N–C) groups is 1. The number of thiophene rings is 1. The highest BCUT2D eigenvalue weighted by Gasteiger charge is 2.19. The first-order valence-electron chi connectivity index (χ1n) is 8.76. The van der Waals surface area contributed by atoms with Crippen LogP contribution in [-0.2, 0) is 0 Å². The Morgan fingerprint density at radius 3 is 2.85 bits per heavy atom. The molecule has 0 aliphatic carbocycles. The first kappa shape index (κ1) is 19.7. The smallest absolute Gasteiger partial charge is 0.261 e. The predicted octanol–water partition coefficient (Wildman–Crippen LogP) is 4.62. The van der Waals surface area contributed by atoms with E-state index in [2.05, 4.69) is 44.6 Å². The van der Waals surface area contributed by atoms with Gasteiger partial charge in [0.05, 0.1) is 17.5 Å². The zero-order valence-corrected chi connectivity index (χ0v) is 17.7. The van der Waals surface area contributed by atoms with Gasteiger partial charge < -0.3 is 10.6 Å². The summed E-state index contributed by atoms with van der Waals surface area (Å²) < 4.78 is 0.924. The molecular formula is C21H22BrN3OS. The molecule has 1 atom stereocenters. The van der Waals surface area contributed by atoms with Gasteiger partial charge in [-0.3, -0.25) is 9.79 Å². The fraction of sp³-hybridized carbons (Fsp3) is 0.238. The Morgan fingerprint density at radius 2 is 2.11 bits per heavy atom. The molecule has 0 fully saturated rings. The number of allylic oxidation sites excluding steroid dienone is 3. The van der Waals surface area contributed by atoms with Gasteiger partial charge in [-0.25, -0.2) is 0 Å². The van der Waals surface area contributed by atoms with Crippen LogP contribution < -0.4 is 10.6 Å². The second-order valence-corrected chi connectivity index (χ2v) is 8.29. The molecule has 1 aromatic carbocycles. The SMILES string of the molecule is CNCC(NC(=O)c1cc(Br)c(C2=CC=NCC(C)=C2)s1)c1ccccc1. The first-order chi connectivity index (χ1) is 13.1. The van der Waals surface area contributed by atoms with E-state index in [1.807, 2.05) is 55.7 Å². The van der Waals surface area contributed by atoms with Crippen molar-refractivity contribution in [3.8, 4) is 0 Å². The molecule has 2 aromatic rings. The second-order valence-electron chi connectivity index (χ2n) is 6.38. The maximum Gasteiger partial charge on any atom is 0.261 e. The van der Waals surface area contributed by atoms with Crippen molar-refractivity contribution >= 4 is 45.0 Å². The lowest BCUT2D eigenvalue weighted by molar-refractivity contribution is 0.0940. The average molecular weight is 444 g/mol. The number of likely N-dealkylation sites (N-methyl/N-ethyl adjacent to an activating group) is 1. The van der Waals surface area contributed by atoms with Crippen LogP contribution in [0, 0.1) is 0 Å². The Morgan fingerprint density at radius 1 is 1.33 bits per heavy atom. The predicted molar refractivity (Wildman–Crippen MR) is 118 cm³/mol. The summed E-state index contributed by atoms with van der Waals surface area (Å²) in [5, 5.41) is 6.29. The largest absolute Gasteiger partial charge is 0.343 e. The number of carbonyl (C=O) groups excluding carboxylic acids is 1. The van der Waals surface area contributed by atoms with Gasteiger partial charge in [-0.2, -0.15) is 0 Å². The van der Waals surface area contributed by atoms with Crippen molar-refractivity contribution < 1.29 is 4.79 Å². The molecule has 27 heavy (non-hydrogen) atoms. The maximum absolute atomic E-state index is 12.9. The third-order valence-corrected chi connectivity index (χ3v) is 6.26. The zero-order valence-electron chi connectivity index (χ0n) is 15.3. The minimum absolute atomic E-state index is 0.0698. The highest BCUT2D eigenvalue weighted by atomic mass is 79.9. The molecule has 6 heteroatoms. The minimum Gasteiger partial charge on any atom is -0.343 e. The molecule has 1 aromatic heterocycles. The van der Waals surface area contributed by atoms with Crippen molar-refractivity contribution in [1.82, 2.24) is 10.6 Å². The van der Waals surface area contributed by atoms with Gasteiger partial charge in [0.25, 0.3) is 5.91 Å². The number of hydrogen-bond donors (Lipinski definition) is 2. The lowest BCUT2D eigenvalue weighted by Crippen LogP contribution is -2.34. The van der Waals surface area contributed by atoms with E-state index < -0.39 is 0 Å². The van der Waals surface area contributed by atoms with Gasteiger partial charge in [0, 0.05) is 22.1 Å². The summed E-state index contributed by atoms with van der Waals surface area (Å²) in [5.74, 6) is -0.0698. The van der Waals surface area contributed by atoms with Gasteiger partial charge in [-0.1, -0.05) is 42.0 Å². The van der Waals surface area contributed by atoms with Gasteiger partial charge >= 0.3 is 0 Å². The van der Waals surface area contributed by atoms with Crippen molar-refractivity contribution in [2.45, 2.75) is 13.0 Å². The Bertz CT molecular complexity index is 899. The Balaban J connectivity index is 1.82. The first-order valence-corrected chi connectivity index (χ1v) is 10.4. The summed E-state index contributed by atoms with van der Waals surface area (Å²) in [5.41, 5.74) is 3.34. The van der Waals surface area contributed by atoms with Gasteiger partial charge in [-0.05, 0) is 53.2 Å². The molecule has 2 N–H and O–H groups in total. The lowest BCUT2D eigenvalue weighted by atomic mass is 10.1. The highest BCUT2D eigenvalue weighted by Crippen LogP contribution is 2.35. The van der Waals surface area contributed by atoms with E-state index in [0.29, 0.717) is 18.0 Å². The summed E-state index contributed by atoms with van der Waals surface area (Å²) in [4.78, 5) is 18.9. The molecule has 0 saturated heterocycles. The van der Waals surface area contributed by atoms with Crippen molar-refractivity contribution in [2.24, 2.45) is 4.99 Å². The molecule has 0 spiro atoms. The van der Waals surface area contributed by atoms with E-state index in [1.54, 1.807) is 0 Å². The third kappa shape index (κ3) is 5.03. The number of carbonyl (C=O) groups is 1. The van der Waals surface area contributed by atoms with Crippen molar-refractivity contribution in [3.05, 3.63) is 73.9 Å². The Hall–Kier alpha value is -2.02. The summed E-state index contributed by atoms with van der Waals surface area (Å²) >= 11 is 5.10. The standard InChI is InChI=1S/C21H22BrN3OS/c1-14-10-16(8-9-24-12-14)20-17(22)11-19(27-20)21(26)25-18(13-23-2)15-6-4-3-5-7-15/h3-11,18,23H,12-13H2,1-2H3,(H,25,26). The van der Waals surface area contributed by atoms with Crippen LogP contribution in [0.2, 0.25) is 0 Å². The summed E-state index contributed by atoms with van der Waals surface area (Å²) in [6.45, 7) is 3.44. The summed E-state index contributed by atoms with van der Waals surface area (Å²) in [6, 6.07) is 11.8. The molecule has 0 bridgehead atoms.